The second-order valence-corrected chi connectivity index (χ2v) is 6.52. The number of anilines is 1. The predicted octanol–water partition coefficient (Wildman–Crippen LogP) is 2.94. The lowest BCUT2D eigenvalue weighted by atomic mass is 10.00. The number of nitrogens with zero attached hydrogens (tertiary/aromatic N) is 1. The predicted molar refractivity (Wildman–Crippen MR) is 78.4 cm³/mol. The molecule has 0 radical (unpaired) electrons. The molecule has 3 N–H and O–H groups in total. The van der Waals surface area contributed by atoms with Gasteiger partial charge in [-0.15, -0.1) is 0 Å². The molecule has 1 fully saturated rings. The molecule has 4 nitrogen and oxygen atoms in total. The molecule has 1 saturated carbocycles. The van der Waals surface area contributed by atoms with E-state index >= 15 is 0 Å². The first-order valence-electron chi connectivity index (χ1n) is 6.54. The molecule has 3 rings (SSSR count). The summed E-state index contributed by atoms with van der Waals surface area (Å²) in [6, 6.07) is 5.54. The zero-order chi connectivity index (χ0) is 13.5. The highest BCUT2D eigenvalue weighted by Crippen LogP contribution is 2.30. The number of fused-ring (bicyclic) bond motifs is 1. The molecule has 2 aromatic rings. The van der Waals surface area contributed by atoms with E-state index in [1.165, 1.54) is 24.2 Å². The summed E-state index contributed by atoms with van der Waals surface area (Å²) < 4.78 is 0.960. The van der Waals surface area contributed by atoms with Crippen LogP contribution in [0.25, 0.3) is 10.2 Å². The number of nitrogens with two attached hydrogens (primary N) is 1. The Morgan fingerprint density at radius 3 is 2.89 bits per heavy atom. The first-order valence-corrected chi connectivity index (χ1v) is 7.36. The second-order valence-electron chi connectivity index (χ2n) is 5.46. The average Bonchev–Trinajstić information content (AvgIpc) is 2.93. The topological polar surface area (TPSA) is 68.0 Å². The fourth-order valence-electron chi connectivity index (χ4n) is 2.71. The number of aromatic nitrogens is 1. The quantitative estimate of drug-likeness (QED) is 0.885. The van der Waals surface area contributed by atoms with Crippen molar-refractivity contribution < 1.29 is 4.79 Å². The Morgan fingerprint density at radius 2 is 2.16 bits per heavy atom. The molecule has 100 valence electrons. The van der Waals surface area contributed by atoms with Crippen LogP contribution in [0.2, 0.25) is 0 Å². The summed E-state index contributed by atoms with van der Waals surface area (Å²) in [5.41, 5.74) is 7.17. The lowest BCUT2D eigenvalue weighted by molar-refractivity contribution is 0.0908. The fourth-order valence-corrected chi connectivity index (χ4v) is 3.48. The van der Waals surface area contributed by atoms with Crippen molar-refractivity contribution in [3.63, 3.8) is 0 Å². The van der Waals surface area contributed by atoms with Gasteiger partial charge in [0.2, 0.25) is 0 Å². The highest BCUT2D eigenvalue weighted by molar-refractivity contribution is 7.22. The lowest BCUT2D eigenvalue weighted by Crippen LogP contribution is -2.43. The SMILES string of the molecule is CC1(NC(=O)c2ccc3nc(N)sc3c2)CCCC1. The van der Waals surface area contributed by atoms with Crippen LogP contribution in [0.3, 0.4) is 0 Å². The minimum atomic E-state index is -0.0429. The van der Waals surface area contributed by atoms with Crippen LogP contribution in [-0.2, 0) is 0 Å². The minimum absolute atomic E-state index is 0.00160. The number of hydrogen-bond donors (Lipinski definition) is 2. The van der Waals surface area contributed by atoms with Crippen LogP contribution < -0.4 is 11.1 Å². The Bertz CT molecular complexity index is 629. The van der Waals surface area contributed by atoms with Gasteiger partial charge in [-0.1, -0.05) is 24.2 Å². The summed E-state index contributed by atoms with van der Waals surface area (Å²) in [4.78, 5) is 16.5. The van der Waals surface area contributed by atoms with Gasteiger partial charge in [-0.25, -0.2) is 4.98 Å². The van der Waals surface area contributed by atoms with E-state index in [1.807, 2.05) is 18.2 Å². The van der Waals surface area contributed by atoms with E-state index in [4.69, 9.17) is 5.73 Å². The first kappa shape index (κ1) is 12.4. The zero-order valence-corrected chi connectivity index (χ0v) is 11.7. The molecule has 0 unspecified atom stereocenters. The maximum absolute atomic E-state index is 12.3. The molecule has 1 aromatic carbocycles. The van der Waals surface area contributed by atoms with Crippen molar-refractivity contribution >= 4 is 32.6 Å². The Morgan fingerprint density at radius 1 is 1.42 bits per heavy atom. The van der Waals surface area contributed by atoms with Crippen LogP contribution >= 0.6 is 11.3 Å². The largest absolute Gasteiger partial charge is 0.375 e. The smallest absolute Gasteiger partial charge is 0.251 e. The van der Waals surface area contributed by atoms with Crippen LogP contribution in [0.4, 0.5) is 5.13 Å². The van der Waals surface area contributed by atoms with Gasteiger partial charge in [-0.3, -0.25) is 4.79 Å². The number of carbonyl (C=O) groups is 1. The van der Waals surface area contributed by atoms with Crippen LogP contribution in [0.1, 0.15) is 43.0 Å². The number of hydrogen-bond acceptors (Lipinski definition) is 4. The third-order valence-electron chi connectivity index (χ3n) is 3.79. The minimum Gasteiger partial charge on any atom is -0.375 e. The standard InChI is InChI=1S/C14H17N3OS/c1-14(6-2-3-7-14)17-12(18)9-4-5-10-11(8-9)19-13(15)16-10/h4-5,8H,2-3,6-7H2,1H3,(H2,15,16)(H,17,18). The number of nitrogens with one attached hydrogen (secondary N) is 1. The molecule has 19 heavy (non-hydrogen) atoms. The number of amides is 1. The second kappa shape index (κ2) is 4.49. The van der Waals surface area contributed by atoms with Gasteiger partial charge in [0.25, 0.3) is 5.91 Å². The van der Waals surface area contributed by atoms with Crippen molar-refractivity contribution in [3.05, 3.63) is 23.8 Å². The van der Waals surface area contributed by atoms with Crippen molar-refractivity contribution in [2.45, 2.75) is 38.1 Å². The van der Waals surface area contributed by atoms with Crippen LogP contribution in [0.15, 0.2) is 18.2 Å². The van der Waals surface area contributed by atoms with Crippen molar-refractivity contribution in [1.29, 1.82) is 0 Å². The Balaban J connectivity index is 1.84. The first-order chi connectivity index (χ1) is 9.06. The Kier molecular flexibility index (Phi) is 2.93. The molecule has 0 atom stereocenters. The number of rotatable bonds is 2. The van der Waals surface area contributed by atoms with E-state index in [1.54, 1.807) is 0 Å². The molecule has 1 aromatic heterocycles. The molecule has 0 bridgehead atoms. The van der Waals surface area contributed by atoms with Gasteiger partial charge in [-0.2, -0.15) is 0 Å². The summed E-state index contributed by atoms with van der Waals surface area (Å²) in [6.07, 6.45) is 4.52. The molecule has 0 saturated heterocycles. The molecule has 1 amide bonds. The number of carbonyl (C=O) groups excluding carboxylic acids is 1. The van der Waals surface area contributed by atoms with Gasteiger partial charge < -0.3 is 11.1 Å². The maximum atomic E-state index is 12.3. The summed E-state index contributed by atoms with van der Waals surface area (Å²) in [6.45, 7) is 2.13. The molecule has 0 aliphatic heterocycles. The van der Waals surface area contributed by atoms with Crippen LogP contribution in [0.5, 0.6) is 0 Å². The monoisotopic (exact) mass is 275 g/mol. The van der Waals surface area contributed by atoms with Gasteiger partial charge >= 0.3 is 0 Å². The van der Waals surface area contributed by atoms with Crippen molar-refractivity contribution in [3.8, 4) is 0 Å². The zero-order valence-electron chi connectivity index (χ0n) is 10.9. The van der Waals surface area contributed by atoms with E-state index < -0.39 is 0 Å². The van der Waals surface area contributed by atoms with E-state index in [0.717, 1.165) is 23.1 Å². The summed E-state index contributed by atoms with van der Waals surface area (Å²) >= 11 is 1.41. The van der Waals surface area contributed by atoms with Crippen LogP contribution in [-0.4, -0.2) is 16.4 Å². The van der Waals surface area contributed by atoms with E-state index in [2.05, 4.69) is 17.2 Å². The number of thiazole rings is 1. The number of benzene rings is 1. The van der Waals surface area contributed by atoms with E-state index in [0.29, 0.717) is 10.7 Å². The average molecular weight is 275 g/mol. The third-order valence-corrected chi connectivity index (χ3v) is 4.64. The molecule has 1 aliphatic rings. The molecular formula is C14H17N3OS. The van der Waals surface area contributed by atoms with Crippen molar-refractivity contribution in [2.75, 3.05) is 5.73 Å². The van der Waals surface area contributed by atoms with Gasteiger partial charge in [0, 0.05) is 11.1 Å². The highest BCUT2D eigenvalue weighted by atomic mass is 32.1. The molecular weight excluding hydrogens is 258 g/mol. The Hall–Kier alpha value is -1.62. The Labute approximate surface area is 116 Å². The molecule has 1 heterocycles. The highest BCUT2D eigenvalue weighted by Gasteiger charge is 2.30. The summed E-state index contributed by atoms with van der Waals surface area (Å²) in [5.74, 6) is -0.00160. The fraction of sp³-hybridized carbons (Fsp3) is 0.429. The van der Waals surface area contributed by atoms with Crippen molar-refractivity contribution in [1.82, 2.24) is 10.3 Å². The van der Waals surface area contributed by atoms with Gasteiger partial charge in [0.05, 0.1) is 10.2 Å². The lowest BCUT2D eigenvalue weighted by Gasteiger charge is -2.25. The molecule has 0 spiro atoms. The van der Waals surface area contributed by atoms with E-state index in [9.17, 15) is 4.79 Å². The molecule has 1 aliphatic carbocycles. The number of nitrogen functional groups attached to an aromatic ring is 1. The summed E-state index contributed by atoms with van der Waals surface area (Å²) in [7, 11) is 0. The van der Waals surface area contributed by atoms with Gasteiger partial charge in [0.15, 0.2) is 5.13 Å². The van der Waals surface area contributed by atoms with Crippen molar-refractivity contribution in [2.24, 2.45) is 0 Å². The third kappa shape index (κ3) is 2.42. The van der Waals surface area contributed by atoms with Gasteiger partial charge in [-0.05, 0) is 38.0 Å². The van der Waals surface area contributed by atoms with Gasteiger partial charge in [0.1, 0.15) is 0 Å². The normalized spacial score (nSPS) is 17.7. The van der Waals surface area contributed by atoms with E-state index in [-0.39, 0.29) is 11.4 Å². The van der Waals surface area contributed by atoms with Crippen LogP contribution in [0, 0.1) is 0 Å². The maximum Gasteiger partial charge on any atom is 0.251 e. The summed E-state index contributed by atoms with van der Waals surface area (Å²) in [5, 5.41) is 3.69. The molecule has 5 heteroatoms.